The first kappa shape index (κ1) is 18.0. The number of hydrogen-bond donors (Lipinski definition) is 3. The van der Waals surface area contributed by atoms with Crippen molar-refractivity contribution >= 4 is 11.9 Å². The molecule has 7 nitrogen and oxygen atoms in total. The Bertz CT molecular complexity index is 384. The van der Waals surface area contributed by atoms with Gasteiger partial charge in [-0.15, -0.1) is 0 Å². The third kappa shape index (κ3) is 6.74. The van der Waals surface area contributed by atoms with Crippen molar-refractivity contribution in [3.05, 3.63) is 0 Å². The average molecular weight is 326 g/mol. The smallest absolute Gasteiger partial charge is 0.312 e. The van der Waals surface area contributed by atoms with Gasteiger partial charge in [-0.2, -0.15) is 0 Å². The summed E-state index contributed by atoms with van der Waals surface area (Å²) in [5.41, 5.74) is 4.93. The van der Waals surface area contributed by atoms with Gasteiger partial charge in [0.15, 0.2) is 0 Å². The van der Waals surface area contributed by atoms with Crippen LogP contribution >= 0.6 is 0 Å². The van der Waals surface area contributed by atoms with Crippen molar-refractivity contribution in [1.82, 2.24) is 15.5 Å². The van der Waals surface area contributed by atoms with E-state index in [1.54, 1.807) is 0 Å². The van der Waals surface area contributed by atoms with Crippen molar-refractivity contribution in [3.63, 3.8) is 0 Å². The van der Waals surface area contributed by atoms with Crippen LogP contribution < -0.4 is 16.4 Å². The molecule has 0 radical (unpaired) electrons. The highest BCUT2D eigenvalue weighted by Crippen LogP contribution is 2.23. The molecule has 0 aromatic rings. The lowest BCUT2D eigenvalue weighted by Crippen LogP contribution is -2.48. The minimum absolute atomic E-state index is 0.0743. The van der Waals surface area contributed by atoms with Crippen LogP contribution in [-0.4, -0.2) is 61.8 Å². The molecular weight excluding hydrogens is 296 g/mol. The second kappa shape index (κ2) is 9.72. The van der Waals surface area contributed by atoms with Gasteiger partial charge in [-0.25, -0.2) is 4.79 Å². The Hall–Kier alpha value is -1.34. The van der Waals surface area contributed by atoms with Gasteiger partial charge < -0.3 is 21.1 Å². The van der Waals surface area contributed by atoms with Crippen LogP contribution in [0.5, 0.6) is 0 Å². The minimum atomic E-state index is -0.685. The number of rotatable bonds is 6. The van der Waals surface area contributed by atoms with Gasteiger partial charge in [0.2, 0.25) is 5.91 Å². The van der Waals surface area contributed by atoms with E-state index in [2.05, 4.69) is 15.5 Å². The van der Waals surface area contributed by atoms with Crippen LogP contribution in [0, 0.1) is 0 Å². The quantitative estimate of drug-likeness (QED) is 0.622. The molecule has 1 atom stereocenters. The van der Waals surface area contributed by atoms with Gasteiger partial charge in [0, 0.05) is 25.7 Å². The first-order valence-corrected chi connectivity index (χ1v) is 8.81. The molecule has 0 aromatic heterocycles. The minimum Gasteiger partial charge on any atom is -0.375 e. The Balaban J connectivity index is 1.65. The molecule has 0 spiro atoms. The number of urea groups is 1. The number of amides is 3. The number of primary amides is 1. The van der Waals surface area contributed by atoms with E-state index in [4.69, 9.17) is 10.5 Å². The maximum atomic E-state index is 11.5. The van der Waals surface area contributed by atoms with Crippen molar-refractivity contribution in [2.75, 3.05) is 32.8 Å². The molecule has 1 saturated carbocycles. The van der Waals surface area contributed by atoms with Gasteiger partial charge in [0.05, 0.1) is 19.3 Å². The van der Waals surface area contributed by atoms with Crippen LogP contribution in [0.25, 0.3) is 0 Å². The van der Waals surface area contributed by atoms with E-state index in [0.29, 0.717) is 12.6 Å². The van der Waals surface area contributed by atoms with E-state index >= 15 is 0 Å². The molecule has 1 aliphatic carbocycles. The van der Waals surface area contributed by atoms with Crippen LogP contribution in [0.2, 0.25) is 0 Å². The van der Waals surface area contributed by atoms with E-state index < -0.39 is 6.03 Å². The zero-order valence-corrected chi connectivity index (χ0v) is 13.9. The third-order valence-corrected chi connectivity index (χ3v) is 4.72. The predicted molar refractivity (Wildman–Crippen MR) is 88.0 cm³/mol. The number of carbonyl (C=O) groups excluding carboxylic acids is 2. The molecule has 2 rings (SSSR count). The average Bonchev–Trinajstić information content (AvgIpc) is 2.82. The third-order valence-electron chi connectivity index (χ3n) is 4.72. The molecule has 0 bridgehead atoms. The lowest BCUT2D eigenvalue weighted by molar-refractivity contribution is -0.120. The van der Waals surface area contributed by atoms with Crippen LogP contribution in [-0.2, 0) is 9.53 Å². The fraction of sp³-hybridized carbons (Fsp3) is 0.875. The highest BCUT2D eigenvalue weighted by molar-refractivity contribution is 5.83. The van der Waals surface area contributed by atoms with E-state index in [0.717, 1.165) is 26.1 Å². The first-order chi connectivity index (χ1) is 11.1. The summed E-state index contributed by atoms with van der Waals surface area (Å²) in [5, 5.41) is 5.06. The van der Waals surface area contributed by atoms with Crippen LogP contribution in [0.4, 0.5) is 4.79 Å². The van der Waals surface area contributed by atoms with Gasteiger partial charge in [-0.1, -0.05) is 25.7 Å². The second-order valence-electron chi connectivity index (χ2n) is 6.49. The molecule has 2 aliphatic rings. The molecule has 7 heteroatoms. The number of hydrogen-bond acceptors (Lipinski definition) is 4. The molecule has 3 amide bonds. The fourth-order valence-corrected chi connectivity index (χ4v) is 3.47. The number of ether oxygens (including phenoxy) is 1. The van der Waals surface area contributed by atoms with Gasteiger partial charge in [-0.3, -0.25) is 9.69 Å². The molecule has 1 aliphatic heterocycles. The number of nitrogens with two attached hydrogens (primary N) is 1. The number of carbonyl (C=O) groups is 2. The van der Waals surface area contributed by atoms with Crippen molar-refractivity contribution in [1.29, 1.82) is 0 Å². The highest BCUT2D eigenvalue weighted by atomic mass is 16.5. The zero-order valence-electron chi connectivity index (χ0n) is 13.9. The maximum Gasteiger partial charge on any atom is 0.312 e. The molecule has 2 fully saturated rings. The summed E-state index contributed by atoms with van der Waals surface area (Å²) in [7, 11) is 0. The molecule has 0 aromatic carbocycles. The molecule has 4 N–H and O–H groups in total. The van der Waals surface area contributed by atoms with E-state index in [-0.39, 0.29) is 18.6 Å². The van der Waals surface area contributed by atoms with Gasteiger partial charge >= 0.3 is 6.03 Å². The largest absolute Gasteiger partial charge is 0.375 e. The summed E-state index contributed by atoms with van der Waals surface area (Å²) < 4.78 is 5.83. The van der Waals surface area contributed by atoms with E-state index in [1.807, 2.05) is 0 Å². The summed E-state index contributed by atoms with van der Waals surface area (Å²) in [6, 6.07) is 0.0214. The van der Waals surface area contributed by atoms with E-state index in [9.17, 15) is 9.59 Å². The van der Waals surface area contributed by atoms with Crippen molar-refractivity contribution in [2.24, 2.45) is 5.73 Å². The number of nitrogens with zero attached hydrogens (tertiary/aromatic N) is 1. The molecule has 23 heavy (non-hydrogen) atoms. The lowest BCUT2D eigenvalue weighted by Gasteiger charge is -2.38. The highest BCUT2D eigenvalue weighted by Gasteiger charge is 2.26. The summed E-state index contributed by atoms with van der Waals surface area (Å²) in [5.74, 6) is -0.222. The summed E-state index contributed by atoms with van der Waals surface area (Å²) in [6.45, 7) is 3.24. The Labute approximate surface area is 138 Å². The topological polar surface area (TPSA) is 96.7 Å². The first-order valence-electron chi connectivity index (χ1n) is 8.81. The van der Waals surface area contributed by atoms with Gasteiger partial charge in [0.25, 0.3) is 0 Å². The summed E-state index contributed by atoms with van der Waals surface area (Å²) >= 11 is 0. The van der Waals surface area contributed by atoms with Crippen molar-refractivity contribution < 1.29 is 14.3 Å². The molecular formula is C16H30N4O3. The summed E-state index contributed by atoms with van der Waals surface area (Å²) in [6.07, 6.45) is 9.02. The number of nitrogens with one attached hydrogen (secondary N) is 2. The van der Waals surface area contributed by atoms with Crippen LogP contribution in [0.15, 0.2) is 0 Å². The van der Waals surface area contributed by atoms with Crippen LogP contribution in [0.1, 0.15) is 44.9 Å². The molecule has 1 heterocycles. The van der Waals surface area contributed by atoms with Crippen molar-refractivity contribution in [2.45, 2.75) is 57.1 Å². The second-order valence-corrected chi connectivity index (χ2v) is 6.49. The van der Waals surface area contributed by atoms with Gasteiger partial charge in [0.1, 0.15) is 0 Å². The molecule has 0 unspecified atom stereocenters. The monoisotopic (exact) mass is 326 g/mol. The van der Waals surface area contributed by atoms with Crippen molar-refractivity contribution in [3.8, 4) is 0 Å². The summed E-state index contributed by atoms with van der Waals surface area (Å²) in [4.78, 5) is 24.6. The Morgan fingerprint density at radius 3 is 2.57 bits per heavy atom. The number of morpholine rings is 1. The maximum absolute atomic E-state index is 11.5. The Morgan fingerprint density at radius 1 is 1.13 bits per heavy atom. The standard InChI is InChI=1S/C16H30N4O3/c17-16(22)19-11-15(21)18-8-7-14-12-20(9-10-23-14)13-5-3-1-2-4-6-13/h13-14H,1-12H2,(H,18,21)(H3,17,19,22)/t14-/m1/s1. The Morgan fingerprint density at radius 2 is 1.87 bits per heavy atom. The molecule has 132 valence electrons. The van der Waals surface area contributed by atoms with E-state index in [1.165, 1.54) is 38.5 Å². The predicted octanol–water partition coefficient (Wildman–Crippen LogP) is 0.585. The Kier molecular flexibility index (Phi) is 7.61. The van der Waals surface area contributed by atoms with Crippen LogP contribution in [0.3, 0.4) is 0 Å². The van der Waals surface area contributed by atoms with Gasteiger partial charge in [-0.05, 0) is 19.3 Å². The normalized spacial score (nSPS) is 23.9. The zero-order chi connectivity index (χ0) is 16.5. The SMILES string of the molecule is NC(=O)NCC(=O)NCC[C@@H]1CN(C2CCCCCC2)CCO1. The molecule has 1 saturated heterocycles. The lowest BCUT2D eigenvalue weighted by atomic mass is 10.1. The fourth-order valence-electron chi connectivity index (χ4n) is 3.47.